The molecular formula is C20H18BrNO4. The number of benzene rings is 2. The first-order valence-corrected chi connectivity index (χ1v) is 8.71. The standard InChI is InChI=1S/C20H18BrNO4/c1-12-16(11-19(26-12)13-4-6-14(21)7-5-13)20(23)22-17-10-15(24-2)8-9-18(17)25-3/h4-11H,1-3H3,(H,22,23). The van der Waals surface area contributed by atoms with Crippen molar-refractivity contribution in [1.82, 2.24) is 0 Å². The molecule has 1 amide bonds. The van der Waals surface area contributed by atoms with Gasteiger partial charge in [-0.3, -0.25) is 4.79 Å². The molecule has 0 fully saturated rings. The molecule has 0 bridgehead atoms. The maximum atomic E-state index is 12.7. The predicted octanol–water partition coefficient (Wildman–Crippen LogP) is 5.29. The number of methoxy groups -OCH3 is 2. The van der Waals surface area contributed by atoms with Gasteiger partial charge >= 0.3 is 0 Å². The summed E-state index contributed by atoms with van der Waals surface area (Å²) in [5, 5.41) is 2.86. The Morgan fingerprint density at radius 1 is 1.04 bits per heavy atom. The molecule has 6 heteroatoms. The highest BCUT2D eigenvalue weighted by Crippen LogP contribution is 2.31. The number of carbonyl (C=O) groups is 1. The number of aryl methyl sites for hydroxylation is 1. The Balaban J connectivity index is 1.88. The third kappa shape index (κ3) is 3.75. The first-order valence-electron chi connectivity index (χ1n) is 7.91. The second-order valence-corrected chi connectivity index (χ2v) is 6.52. The van der Waals surface area contributed by atoms with E-state index in [0.29, 0.717) is 34.3 Å². The first kappa shape index (κ1) is 18.1. The number of halogens is 1. The average molecular weight is 416 g/mol. The van der Waals surface area contributed by atoms with E-state index in [-0.39, 0.29) is 5.91 Å². The fourth-order valence-electron chi connectivity index (χ4n) is 2.57. The quantitative estimate of drug-likeness (QED) is 0.614. The van der Waals surface area contributed by atoms with Crippen LogP contribution in [-0.4, -0.2) is 20.1 Å². The van der Waals surface area contributed by atoms with Crippen molar-refractivity contribution >= 4 is 27.5 Å². The number of ether oxygens (including phenoxy) is 2. The van der Waals surface area contributed by atoms with Gasteiger partial charge in [0.05, 0.1) is 25.5 Å². The molecule has 1 aromatic heterocycles. The van der Waals surface area contributed by atoms with Gasteiger partial charge in [0.2, 0.25) is 0 Å². The van der Waals surface area contributed by atoms with E-state index in [1.54, 1.807) is 45.4 Å². The highest BCUT2D eigenvalue weighted by Gasteiger charge is 2.18. The fraction of sp³-hybridized carbons (Fsp3) is 0.150. The summed E-state index contributed by atoms with van der Waals surface area (Å²) in [4.78, 5) is 12.7. The summed E-state index contributed by atoms with van der Waals surface area (Å²) in [5.74, 6) is 2.08. The fourth-order valence-corrected chi connectivity index (χ4v) is 2.83. The molecule has 134 valence electrons. The molecule has 3 aromatic rings. The van der Waals surface area contributed by atoms with Crippen LogP contribution in [0, 0.1) is 6.92 Å². The molecule has 0 aliphatic heterocycles. The van der Waals surface area contributed by atoms with Gasteiger partial charge in [0.15, 0.2) is 0 Å². The molecule has 0 saturated heterocycles. The lowest BCUT2D eigenvalue weighted by Crippen LogP contribution is -2.13. The van der Waals surface area contributed by atoms with Crippen LogP contribution in [-0.2, 0) is 0 Å². The lowest BCUT2D eigenvalue weighted by Gasteiger charge is -2.11. The number of carbonyl (C=O) groups excluding carboxylic acids is 1. The summed E-state index contributed by atoms with van der Waals surface area (Å²) in [6.07, 6.45) is 0. The van der Waals surface area contributed by atoms with Gasteiger partial charge in [-0.2, -0.15) is 0 Å². The third-order valence-corrected chi connectivity index (χ3v) is 4.47. The molecule has 3 rings (SSSR count). The third-order valence-electron chi connectivity index (χ3n) is 3.95. The monoisotopic (exact) mass is 415 g/mol. The van der Waals surface area contributed by atoms with Crippen LogP contribution in [0.2, 0.25) is 0 Å². The lowest BCUT2D eigenvalue weighted by atomic mass is 10.1. The van der Waals surface area contributed by atoms with Gasteiger partial charge in [0.25, 0.3) is 5.91 Å². The van der Waals surface area contributed by atoms with E-state index >= 15 is 0 Å². The zero-order chi connectivity index (χ0) is 18.7. The Kier molecular flexibility index (Phi) is 5.32. The molecule has 0 saturated carbocycles. The van der Waals surface area contributed by atoms with Crippen molar-refractivity contribution in [2.75, 3.05) is 19.5 Å². The molecule has 1 N–H and O–H groups in total. The summed E-state index contributed by atoms with van der Waals surface area (Å²) in [6.45, 7) is 1.76. The van der Waals surface area contributed by atoms with Gasteiger partial charge in [-0.15, -0.1) is 0 Å². The van der Waals surface area contributed by atoms with E-state index in [1.807, 2.05) is 24.3 Å². The van der Waals surface area contributed by atoms with Crippen LogP contribution in [0.4, 0.5) is 5.69 Å². The summed E-state index contributed by atoms with van der Waals surface area (Å²) < 4.78 is 17.3. The lowest BCUT2D eigenvalue weighted by molar-refractivity contribution is 0.102. The summed E-state index contributed by atoms with van der Waals surface area (Å²) in [6, 6.07) is 14.7. The van der Waals surface area contributed by atoms with Gasteiger partial charge < -0.3 is 19.2 Å². The molecule has 0 atom stereocenters. The SMILES string of the molecule is COc1ccc(OC)c(NC(=O)c2cc(-c3ccc(Br)cc3)oc2C)c1. The number of amides is 1. The van der Waals surface area contributed by atoms with Crippen LogP contribution in [0.5, 0.6) is 11.5 Å². The number of rotatable bonds is 5. The smallest absolute Gasteiger partial charge is 0.259 e. The minimum atomic E-state index is -0.277. The molecular weight excluding hydrogens is 398 g/mol. The Hall–Kier alpha value is -2.73. The Bertz CT molecular complexity index is 931. The van der Waals surface area contributed by atoms with E-state index in [4.69, 9.17) is 13.9 Å². The molecule has 5 nitrogen and oxygen atoms in total. The largest absolute Gasteiger partial charge is 0.497 e. The zero-order valence-electron chi connectivity index (χ0n) is 14.6. The number of anilines is 1. The van der Waals surface area contributed by atoms with Crippen molar-refractivity contribution in [3.63, 3.8) is 0 Å². The van der Waals surface area contributed by atoms with Crippen molar-refractivity contribution in [2.24, 2.45) is 0 Å². The molecule has 0 aliphatic rings. The average Bonchev–Trinajstić information content (AvgIpc) is 3.04. The highest BCUT2D eigenvalue weighted by molar-refractivity contribution is 9.10. The normalized spacial score (nSPS) is 10.5. The number of hydrogen-bond donors (Lipinski definition) is 1. The number of hydrogen-bond acceptors (Lipinski definition) is 4. The van der Waals surface area contributed by atoms with Crippen LogP contribution in [0.3, 0.4) is 0 Å². The van der Waals surface area contributed by atoms with E-state index in [9.17, 15) is 4.79 Å². The Morgan fingerprint density at radius 3 is 2.42 bits per heavy atom. The molecule has 26 heavy (non-hydrogen) atoms. The van der Waals surface area contributed by atoms with E-state index in [1.165, 1.54) is 0 Å². The molecule has 0 spiro atoms. The highest BCUT2D eigenvalue weighted by atomic mass is 79.9. The van der Waals surface area contributed by atoms with Gasteiger partial charge in [0, 0.05) is 16.1 Å². The van der Waals surface area contributed by atoms with Crippen LogP contribution < -0.4 is 14.8 Å². The van der Waals surface area contributed by atoms with Crippen LogP contribution in [0.25, 0.3) is 11.3 Å². The van der Waals surface area contributed by atoms with Crippen molar-refractivity contribution in [2.45, 2.75) is 6.92 Å². The predicted molar refractivity (Wildman–Crippen MR) is 104 cm³/mol. The Morgan fingerprint density at radius 2 is 1.77 bits per heavy atom. The second-order valence-electron chi connectivity index (χ2n) is 5.61. The van der Waals surface area contributed by atoms with Gasteiger partial charge in [-0.25, -0.2) is 0 Å². The van der Waals surface area contributed by atoms with Gasteiger partial charge in [-0.05, 0) is 37.3 Å². The maximum Gasteiger partial charge on any atom is 0.259 e. The first-order chi connectivity index (χ1) is 12.5. The Labute approximate surface area is 160 Å². The van der Waals surface area contributed by atoms with Crippen LogP contribution in [0.1, 0.15) is 16.1 Å². The number of nitrogens with one attached hydrogen (secondary N) is 1. The van der Waals surface area contributed by atoms with Crippen molar-refractivity contribution in [3.8, 4) is 22.8 Å². The van der Waals surface area contributed by atoms with Gasteiger partial charge in [-0.1, -0.05) is 28.1 Å². The molecule has 0 aliphatic carbocycles. The second kappa shape index (κ2) is 7.66. The summed E-state index contributed by atoms with van der Waals surface area (Å²) in [5.41, 5.74) is 1.89. The molecule has 1 heterocycles. The minimum absolute atomic E-state index is 0.277. The topological polar surface area (TPSA) is 60.7 Å². The number of furan rings is 1. The summed E-state index contributed by atoms with van der Waals surface area (Å²) in [7, 11) is 3.12. The van der Waals surface area contributed by atoms with E-state index in [0.717, 1.165) is 10.0 Å². The maximum absolute atomic E-state index is 12.7. The molecule has 2 aromatic carbocycles. The van der Waals surface area contributed by atoms with Gasteiger partial charge in [0.1, 0.15) is 23.0 Å². The van der Waals surface area contributed by atoms with Crippen molar-refractivity contribution < 1.29 is 18.7 Å². The summed E-state index contributed by atoms with van der Waals surface area (Å²) >= 11 is 3.41. The van der Waals surface area contributed by atoms with Crippen LogP contribution in [0.15, 0.2) is 57.4 Å². The van der Waals surface area contributed by atoms with Crippen molar-refractivity contribution in [1.29, 1.82) is 0 Å². The van der Waals surface area contributed by atoms with E-state index < -0.39 is 0 Å². The van der Waals surface area contributed by atoms with E-state index in [2.05, 4.69) is 21.2 Å². The minimum Gasteiger partial charge on any atom is -0.497 e. The molecule has 0 unspecified atom stereocenters. The van der Waals surface area contributed by atoms with Crippen LogP contribution >= 0.6 is 15.9 Å². The zero-order valence-corrected chi connectivity index (χ0v) is 16.2. The van der Waals surface area contributed by atoms with Crippen molar-refractivity contribution in [3.05, 3.63) is 64.3 Å². The molecule has 0 radical (unpaired) electrons.